The van der Waals surface area contributed by atoms with Crippen LogP contribution in [0, 0.1) is 17.2 Å². The van der Waals surface area contributed by atoms with Crippen LogP contribution in [0.3, 0.4) is 0 Å². The van der Waals surface area contributed by atoms with Crippen LogP contribution in [0.4, 0.5) is 5.69 Å². The number of hydrogen-bond acceptors (Lipinski definition) is 6. The number of carbonyl (C=O) groups is 3. The number of ether oxygens (including phenoxy) is 1. The summed E-state index contributed by atoms with van der Waals surface area (Å²) in [5.74, 6) is -3.89. The van der Waals surface area contributed by atoms with Crippen LogP contribution in [-0.2, 0) is 19.1 Å². The third kappa shape index (κ3) is 5.43. The number of nitrogens with one attached hydrogen (secondary N) is 2. The predicted molar refractivity (Wildman–Crippen MR) is 123 cm³/mol. The molecule has 2 aromatic rings. The Bertz CT molecular complexity index is 1110. The summed E-state index contributed by atoms with van der Waals surface area (Å²) >= 11 is 12.9. The Morgan fingerprint density at radius 2 is 1.84 bits per heavy atom. The van der Waals surface area contributed by atoms with Crippen LogP contribution in [0.25, 0.3) is 0 Å². The summed E-state index contributed by atoms with van der Waals surface area (Å²) in [5.41, 5.74) is 1.21. The van der Waals surface area contributed by atoms with Crippen molar-refractivity contribution in [1.29, 1.82) is 5.26 Å². The molecule has 2 atom stereocenters. The Morgan fingerprint density at radius 3 is 2.44 bits per heavy atom. The Labute approximate surface area is 198 Å². The average Bonchev–Trinajstić information content (AvgIpc) is 2.76. The standard InChI is InChI=1S/C22H17Cl2N3O4S/c1-31-22(30)19-18(12-5-3-2-4-6-12)16(10-25)21(27-20(19)29)32-11-17(28)26-15-8-13(23)7-14(24)9-15/h2-9,18-19H,11H2,1H3,(H,26,28)(H,27,29)/t18-,19-/m1/s1. The predicted octanol–water partition coefficient (Wildman–Crippen LogP) is 4.10. The van der Waals surface area contributed by atoms with Crippen molar-refractivity contribution in [3.63, 3.8) is 0 Å². The number of benzene rings is 2. The van der Waals surface area contributed by atoms with E-state index in [1.807, 2.05) is 0 Å². The van der Waals surface area contributed by atoms with Crippen molar-refractivity contribution in [3.8, 4) is 6.07 Å². The zero-order valence-corrected chi connectivity index (χ0v) is 19.1. The molecule has 0 bridgehead atoms. The van der Waals surface area contributed by atoms with E-state index in [4.69, 9.17) is 27.9 Å². The fourth-order valence-electron chi connectivity index (χ4n) is 3.30. The molecule has 0 saturated heterocycles. The first-order chi connectivity index (χ1) is 15.3. The fraction of sp³-hybridized carbons (Fsp3) is 0.182. The highest BCUT2D eigenvalue weighted by atomic mass is 35.5. The van der Waals surface area contributed by atoms with E-state index in [0.717, 1.165) is 11.8 Å². The van der Waals surface area contributed by atoms with Crippen molar-refractivity contribution in [2.45, 2.75) is 5.92 Å². The minimum Gasteiger partial charge on any atom is -0.468 e. The van der Waals surface area contributed by atoms with Gasteiger partial charge in [-0.3, -0.25) is 14.4 Å². The number of anilines is 1. The Kier molecular flexibility index (Phi) is 7.80. The quantitative estimate of drug-likeness (QED) is 0.466. The lowest BCUT2D eigenvalue weighted by Crippen LogP contribution is -2.44. The summed E-state index contributed by atoms with van der Waals surface area (Å²) in [5, 5.41) is 16.1. The lowest BCUT2D eigenvalue weighted by atomic mass is 9.78. The summed E-state index contributed by atoms with van der Waals surface area (Å²) in [6, 6.07) is 15.5. The van der Waals surface area contributed by atoms with Gasteiger partial charge in [-0.25, -0.2) is 0 Å². The van der Waals surface area contributed by atoms with Crippen molar-refractivity contribution in [2.24, 2.45) is 5.92 Å². The van der Waals surface area contributed by atoms with Crippen molar-refractivity contribution < 1.29 is 19.1 Å². The smallest absolute Gasteiger partial charge is 0.319 e. The highest BCUT2D eigenvalue weighted by Crippen LogP contribution is 2.40. The molecule has 0 fully saturated rings. The molecule has 7 nitrogen and oxygen atoms in total. The van der Waals surface area contributed by atoms with Gasteiger partial charge in [0.25, 0.3) is 0 Å². The van der Waals surface area contributed by atoms with E-state index in [9.17, 15) is 19.6 Å². The lowest BCUT2D eigenvalue weighted by molar-refractivity contribution is -0.150. The number of esters is 1. The van der Waals surface area contributed by atoms with E-state index in [2.05, 4.69) is 16.7 Å². The Hall–Kier alpha value is -2.99. The van der Waals surface area contributed by atoms with Crippen LogP contribution >= 0.6 is 35.0 Å². The van der Waals surface area contributed by atoms with Gasteiger partial charge in [0.05, 0.1) is 29.5 Å². The maximum Gasteiger partial charge on any atom is 0.319 e. The van der Waals surface area contributed by atoms with Crippen LogP contribution in [0.15, 0.2) is 59.1 Å². The van der Waals surface area contributed by atoms with Gasteiger partial charge < -0.3 is 15.4 Å². The highest BCUT2D eigenvalue weighted by molar-refractivity contribution is 8.03. The number of rotatable bonds is 6. The molecule has 0 radical (unpaired) electrons. The molecule has 0 aliphatic carbocycles. The van der Waals surface area contributed by atoms with E-state index in [-0.39, 0.29) is 16.4 Å². The van der Waals surface area contributed by atoms with Gasteiger partial charge in [-0.2, -0.15) is 5.26 Å². The van der Waals surface area contributed by atoms with Crippen LogP contribution in [-0.4, -0.2) is 30.6 Å². The van der Waals surface area contributed by atoms with Crippen LogP contribution in [0.5, 0.6) is 0 Å². The largest absolute Gasteiger partial charge is 0.468 e. The number of amides is 2. The average molecular weight is 490 g/mol. The number of nitrogens with zero attached hydrogens (tertiary/aromatic N) is 1. The summed E-state index contributed by atoms with van der Waals surface area (Å²) in [6.07, 6.45) is 0. The Morgan fingerprint density at radius 1 is 1.19 bits per heavy atom. The Balaban J connectivity index is 1.86. The first-order valence-electron chi connectivity index (χ1n) is 9.30. The molecule has 10 heteroatoms. The highest BCUT2D eigenvalue weighted by Gasteiger charge is 2.44. The number of hydrogen-bond donors (Lipinski definition) is 2. The molecule has 1 aliphatic heterocycles. The van der Waals surface area contributed by atoms with Gasteiger partial charge in [-0.1, -0.05) is 65.3 Å². The molecular weight excluding hydrogens is 473 g/mol. The molecule has 0 aromatic heterocycles. The second kappa shape index (κ2) is 10.6. The monoisotopic (exact) mass is 489 g/mol. The van der Waals surface area contributed by atoms with Gasteiger partial charge >= 0.3 is 5.97 Å². The van der Waals surface area contributed by atoms with E-state index < -0.39 is 29.6 Å². The van der Waals surface area contributed by atoms with Gasteiger partial charge in [-0.15, -0.1) is 0 Å². The number of halogens is 2. The summed E-state index contributed by atoms with van der Waals surface area (Å²) in [4.78, 5) is 37.5. The van der Waals surface area contributed by atoms with Gasteiger partial charge in [-0.05, 0) is 23.8 Å². The second-order valence-electron chi connectivity index (χ2n) is 6.73. The van der Waals surface area contributed by atoms with Crippen molar-refractivity contribution >= 4 is 58.4 Å². The third-order valence-corrected chi connectivity index (χ3v) is 6.09. The van der Waals surface area contributed by atoms with Gasteiger partial charge in [0.2, 0.25) is 11.8 Å². The minimum atomic E-state index is -1.22. The number of allylic oxidation sites excluding steroid dienone is 1. The molecule has 2 amide bonds. The van der Waals surface area contributed by atoms with Crippen LogP contribution in [0.2, 0.25) is 10.0 Å². The number of nitriles is 1. The van der Waals surface area contributed by atoms with Crippen LogP contribution < -0.4 is 10.6 Å². The molecule has 3 rings (SSSR count). The van der Waals surface area contributed by atoms with E-state index in [1.165, 1.54) is 13.2 Å². The molecule has 0 saturated carbocycles. The number of methoxy groups -OCH3 is 1. The molecule has 1 aliphatic rings. The topological polar surface area (TPSA) is 108 Å². The zero-order chi connectivity index (χ0) is 23.3. The van der Waals surface area contributed by atoms with E-state index in [0.29, 0.717) is 21.3 Å². The molecule has 164 valence electrons. The normalized spacial score (nSPS) is 17.9. The maximum absolute atomic E-state index is 12.8. The number of thioether (sulfide) groups is 1. The zero-order valence-electron chi connectivity index (χ0n) is 16.7. The molecule has 1 heterocycles. The first kappa shape index (κ1) is 23.7. The summed E-state index contributed by atoms with van der Waals surface area (Å²) < 4.78 is 4.80. The van der Waals surface area contributed by atoms with Gasteiger partial charge in [0.15, 0.2) is 0 Å². The van der Waals surface area contributed by atoms with Gasteiger partial charge in [0, 0.05) is 21.7 Å². The maximum atomic E-state index is 12.8. The van der Waals surface area contributed by atoms with E-state index in [1.54, 1.807) is 42.5 Å². The van der Waals surface area contributed by atoms with Gasteiger partial charge in [0.1, 0.15) is 5.92 Å². The summed E-state index contributed by atoms with van der Waals surface area (Å²) in [6.45, 7) is 0. The SMILES string of the molecule is COC(=O)[C@H]1C(=O)NC(SCC(=O)Nc2cc(Cl)cc(Cl)c2)=C(C#N)[C@H]1c1ccccc1. The van der Waals surface area contributed by atoms with E-state index >= 15 is 0 Å². The molecular formula is C22H17Cl2N3O4S. The minimum absolute atomic E-state index is 0.102. The molecule has 2 N–H and O–H groups in total. The summed E-state index contributed by atoms with van der Waals surface area (Å²) in [7, 11) is 1.18. The van der Waals surface area contributed by atoms with Crippen molar-refractivity contribution in [2.75, 3.05) is 18.2 Å². The molecule has 0 spiro atoms. The molecule has 32 heavy (non-hydrogen) atoms. The fourth-order valence-corrected chi connectivity index (χ4v) is 4.68. The molecule has 0 unspecified atom stereocenters. The van der Waals surface area contributed by atoms with Crippen molar-refractivity contribution in [1.82, 2.24) is 5.32 Å². The first-order valence-corrected chi connectivity index (χ1v) is 11.0. The van der Waals surface area contributed by atoms with Crippen LogP contribution in [0.1, 0.15) is 11.5 Å². The lowest BCUT2D eigenvalue weighted by Gasteiger charge is -2.30. The number of carbonyl (C=O) groups excluding carboxylic acids is 3. The third-order valence-electron chi connectivity index (χ3n) is 4.64. The second-order valence-corrected chi connectivity index (χ2v) is 8.59. The van der Waals surface area contributed by atoms with Crippen molar-refractivity contribution in [3.05, 3.63) is 74.7 Å². The molecule has 2 aromatic carbocycles.